The maximum Gasteiger partial charge on any atom is 0.324 e. The van der Waals surface area contributed by atoms with Crippen molar-refractivity contribution in [3.8, 4) is 11.5 Å². The molecule has 210 valence electrons. The minimum Gasteiger partial charge on any atom is -0.484 e. The number of rotatable bonds is 20. The molecule has 1 atom stereocenters. The average Bonchev–Trinajstić information content (AvgIpc) is 2.89. The van der Waals surface area contributed by atoms with Crippen LogP contribution in [0, 0.1) is 0 Å². The van der Waals surface area contributed by atoms with Gasteiger partial charge in [-0.1, -0.05) is 26.7 Å². The fraction of sp³-hybridized carbons (Fsp3) is 0.625. The number of unbranched alkanes of at least 4 members (excludes halogenated alkanes) is 3. The van der Waals surface area contributed by atoms with E-state index in [0.717, 1.165) is 32.1 Å². The first-order valence-corrected chi connectivity index (χ1v) is 15.0. The lowest BCUT2D eigenvalue weighted by atomic mass is 10.1. The third kappa shape index (κ3) is 15.6. The lowest BCUT2D eigenvalue weighted by molar-refractivity contribution is -0.123. The average molecular weight is 562 g/mol. The van der Waals surface area contributed by atoms with Crippen LogP contribution in [0.2, 0.25) is 0 Å². The van der Waals surface area contributed by atoms with Gasteiger partial charge in [0.15, 0.2) is 13.2 Å². The third-order valence-corrected chi connectivity index (χ3v) is 6.60. The first kappa shape index (κ1) is 32.8. The molecule has 0 aromatic heterocycles. The van der Waals surface area contributed by atoms with Crippen LogP contribution < -0.4 is 25.4 Å². The van der Waals surface area contributed by atoms with Crippen LogP contribution in [-0.2, 0) is 30.4 Å². The summed E-state index contributed by atoms with van der Waals surface area (Å²) in [5.41, 5.74) is 0.289. The molecule has 11 nitrogen and oxygen atoms in total. The van der Waals surface area contributed by atoms with E-state index in [2.05, 4.69) is 16.0 Å². The van der Waals surface area contributed by atoms with Gasteiger partial charge in [0.05, 0.1) is 6.61 Å². The Morgan fingerprint density at radius 2 is 1.38 bits per heavy atom. The summed E-state index contributed by atoms with van der Waals surface area (Å²) in [6.07, 6.45) is 4.77. The minimum absolute atomic E-state index is 0.208. The Bertz CT molecular complexity index is 860. The van der Waals surface area contributed by atoms with Gasteiger partial charge in [0, 0.05) is 38.4 Å². The maximum absolute atomic E-state index is 12.7. The molecule has 37 heavy (non-hydrogen) atoms. The predicted molar refractivity (Wildman–Crippen MR) is 144 cm³/mol. The summed E-state index contributed by atoms with van der Waals surface area (Å²) in [6.45, 7) is 2.23. The van der Waals surface area contributed by atoms with E-state index < -0.39 is 6.72 Å². The Kier molecular flexibility index (Phi) is 16.8. The number of nitrogens with one attached hydrogen (secondary N) is 3. The fourth-order valence-corrected chi connectivity index (χ4v) is 3.60. The molecule has 0 aliphatic rings. The van der Waals surface area contributed by atoms with Crippen molar-refractivity contribution >= 4 is 36.2 Å². The van der Waals surface area contributed by atoms with E-state index in [1.54, 1.807) is 0 Å². The summed E-state index contributed by atoms with van der Waals surface area (Å²) in [7, 11) is 1.31. The van der Waals surface area contributed by atoms with Crippen LogP contribution in [0.5, 0.6) is 11.5 Å². The van der Waals surface area contributed by atoms with E-state index >= 15 is 0 Å². The van der Waals surface area contributed by atoms with Crippen LogP contribution in [0.25, 0.3) is 0 Å². The van der Waals surface area contributed by atoms with E-state index in [1.165, 1.54) is 25.3 Å². The van der Waals surface area contributed by atoms with Crippen LogP contribution in [0.3, 0.4) is 0 Å². The van der Waals surface area contributed by atoms with Crippen LogP contribution in [0.15, 0.2) is 18.2 Å². The summed E-state index contributed by atoms with van der Waals surface area (Å²) in [5.74, 6) is -0.312. The molecular weight excluding hydrogens is 521 g/mol. The molecule has 1 rings (SSSR count). The number of amides is 3. The van der Waals surface area contributed by atoms with Gasteiger partial charge in [0.1, 0.15) is 11.5 Å². The number of hydrogen-bond acceptors (Lipinski definition) is 8. The molecule has 0 spiro atoms. The van der Waals surface area contributed by atoms with Crippen molar-refractivity contribution in [1.29, 1.82) is 0 Å². The standard InChI is InChI=1S/C24H40N3O8PS/c1-4-10-25-22(28)17-33-20-14-19(15-21(16-20)34-18-23(29)26-11-5-2)24(30)27-12-8-6-7-9-13-35-36(31,37)32-3/h14-16H,4-13,17-18H2,1-3H3,(H,25,28)(H,26,29)(H,27,30)(H,31,37). The van der Waals surface area contributed by atoms with Gasteiger partial charge in [-0.15, -0.1) is 0 Å². The lowest BCUT2D eigenvalue weighted by Gasteiger charge is -2.13. The molecule has 0 aliphatic heterocycles. The highest BCUT2D eigenvalue weighted by Gasteiger charge is 2.13. The Hall–Kier alpha value is -2.24. The smallest absolute Gasteiger partial charge is 0.324 e. The summed E-state index contributed by atoms with van der Waals surface area (Å²) in [5, 5.41) is 8.29. The molecule has 0 bridgehead atoms. The van der Waals surface area contributed by atoms with Crippen molar-refractivity contribution < 1.29 is 37.8 Å². The maximum atomic E-state index is 12.7. The summed E-state index contributed by atoms with van der Waals surface area (Å²) in [6, 6.07) is 4.59. The van der Waals surface area contributed by atoms with Gasteiger partial charge < -0.3 is 39.4 Å². The summed E-state index contributed by atoms with van der Waals surface area (Å²) < 4.78 is 21.0. The van der Waals surface area contributed by atoms with E-state index in [0.29, 0.717) is 32.7 Å². The van der Waals surface area contributed by atoms with Crippen molar-refractivity contribution in [2.45, 2.75) is 52.4 Å². The number of ether oxygens (including phenoxy) is 2. The molecule has 0 fully saturated rings. The SMILES string of the molecule is CCCNC(=O)COc1cc(OCC(=O)NCCC)cc(C(=O)NCCCCCCOP(O)(=S)OC)c1. The number of benzene rings is 1. The zero-order valence-electron chi connectivity index (χ0n) is 21.9. The number of hydrogen-bond donors (Lipinski definition) is 4. The Morgan fingerprint density at radius 3 is 1.89 bits per heavy atom. The van der Waals surface area contributed by atoms with Gasteiger partial charge in [0.25, 0.3) is 17.7 Å². The first-order chi connectivity index (χ1) is 17.7. The van der Waals surface area contributed by atoms with Crippen molar-refractivity contribution in [3.05, 3.63) is 23.8 Å². The van der Waals surface area contributed by atoms with Gasteiger partial charge in [-0.25, -0.2) is 0 Å². The zero-order valence-corrected chi connectivity index (χ0v) is 23.6. The van der Waals surface area contributed by atoms with Gasteiger partial charge in [-0.3, -0.25) is 14.4 Å². The predicted octanol–water partition coefficient (Wildman–Crippen LogP) is 2.67. The highest BCUT2D eigenvalue weighted by molar-refractivity contribution is 8.07. The van der Waals surface area contributed by atoms with E-state index in [-0.39, 0.29) is 48.0 Å². The zero-order chi connectivity index (χ0) is 27.5. The minimum atomic E-state index is -3.11. The highest BCUT2D eigenvalue weighted by atomic mass is 32.5. The molecule has 0 saturated heterocycles. The number of carbonyl (C=O) groups is 3. The molecule has 3 amide bonds. The molecule has 1 aromatic carbocycles. The Balaban J connectivity index is 2.63. The van der Waals surface area contributed by atoms with Gasteiger partial charge in [0.2, 0.25) is 0 Å². The largest absolute Gasteiger partial charge is 0.484 e. The van der Waals surface area contributed by atoms with Crippen LogP contribution in [0.4, 0.5) is 0 Å². The second-order valence-electron chi connectivity index (χ2n) is 8.12. The molecule has 1 unspecified atom stereocenters. The molecule has 13 heteroatoms. The Morgan fingerprint density at radius 1 is 0.838 bits per heavy atom. The van der Waals surface area contributed by atoms with E-state index in [4.69, 9.17) is 30.3 Å². The molecule has 1 aromatic rings. The van der Waals surface area contributed by atoms with E-state index in [9.17, 15) is 19.3 Å². The van der Waals surface area contributed by atoms with Crippen LogP contribution >= 0.6 is 6.72 Å². The molecular formula is C24H40N3O8PS. The van der Waals surface area contributed by atoms with E-state index in [1.807, 2.05) is 13.8 Å². The first-order valence-electron chi connectivity index (χ1n) is 12.5. The van der Waals surface area contributed by atoms with Gasteiger partial charge in [-0.2, -0.15) is 0 Å². The van der Waals surface area contributed by atoms with Crippen LogP contribution in [-0.4, -0.2) is 69.2 Å². The number of carbonyl (C=O) groups excluding carboxylic acids is 3. The summed E-state index contributed by atoms with van der Waals surface area (Å²) in [4.78, 5) is 46.1. The molecule has 0 aliphatic carbocycles. The topological polar surface area (TPSA) is 144 Å². The van der Waals surface area contributed by atoms with Crippen molar-refractivity contribution in [3.63, 3.8) is 0 Å². The second-order valence-corrected chi connectivity index (χ2v) is 11.1. The van der Waals surface area contributed by atoms with Crippen molar-refractivity contribution in [2.24, 2.45) is 0 Å². The third-order valence-electron chi connectivity index (χ3n) is 4.87. The van der Waals surface area contributed by atoms with Crippen LogP contribution in [0.1, 0.15) is 62.7 Å². The van der Waals surface area contributed by atoms with Crippen molar-refractivity contribution in [2.75, 3.05) is 46.6 Å². The highest BCUT2D eigenvalue weighted by Crippen LogP contribution is 2.42. The monoisotopic (exact) mass is 561 g/mol. The van der Waals surface area contributed by atoms with Gasteiger partial charge in [-0.05, 0) is 49.6 Å². The van der Waals surface area contributed by atoms with Gasteiger partial charge >= 0.3 is 6.72 Å². The van der Waals surface area contributed by atoms with Crippen molar-refractivity contribution in [1.82, 2.24) is 16.0 Å². The fourth-order valence-electron chi connectivity index (χ4n) is 2.92. The molecule has 0 radical (unpaired) electrons. The quantitative estimate of drug-likeness (QED) is 0.139. The summed E-state index contributed by atoms with van der Waals surface area (Å²) >= 11 is 4.77. The lowest BCUT2D eigenvalue weighted by Crippen LogP contribution is -2.30. The molecule has 4 N–H and O–H groups in total. The molecule has 0 saturated carbocycles. The normalized spacial score (nSPS) is 12.3. The second kappa shape index (κ2) is 18.9. The Labute approximate surface area is 224 Å². The molecule has 0 heterocycles.